The number of aromatic nitrogens is 5. The molecule has 0 aliphatic rings. The highest BCUT2D eigenvalue weighted by atomic mass is 19.1. The summed E-state index contributed by atoms with van der Waals surface area (Å²) in [4.78, 5) is 12.4. The van der Waals surface area contributed by atoms with E-state index in [1.165, 1.54) is 19.2 Å². The first-order valence-electron chi connectivity index (χ1n) is 11.3. The van der Waals surface area contributed by atoms with Crippen LogP contribution in [0.15, 0.2) is 67.1 Å². The van der Waals surface area contributed by atoms with Crippen molar-refractivity contribution in [2.24, 2.45) is 0 Å². The van der Waals surface area contributed by atoms with Crippen LogP contribution in [0.3, 0.4) is 0 Å². The highest BCUT2D eigenvalue weighted by Gasteiger charge is 2.16. The Kier molecular flexibility index (Phi) is 5.14. The van der Waals surface area contributed by atoms with Crippen LogP contribution in [0.2, 0.25) is 0 Å². The standard InChI is InChI=1S/C28H22FN5O2/c1-15-4-17(8-19(5-15)35-2)24-11-22-27(14-31-24)33-34-28(22)25-10-21-23(12-30-13-26(21)32-25)16-6-18(29)9-20(7-16)36-3/h4-14,32H,1-3H3,(H,33,34). The molecule has 4 aromatic heterocycles. The van der Waals surface area contributed by atoms with E-state index in [4.69, 9.17) is 9.47 Å². The van der Waals surface area contributed by atoms with E-state index in [0.29, 0.717) is 11.3 Å². The minimum absolute atomic E-state index is 0.372. The smallest absolute Gasteiger partial charge is 0.127 e. The van der Waals surface area contributed by atoms with Gasteiger partial charge in [0, 0.05) is 34.2 Å². The van der Waals surface area contributed by atoms with Crippen molar-refractivity contribution < 1.29 is 13.9 Å². The predicted molar refractivity (Wildman–Crippen MR) is 138 cm³/mol. The third-order valence-corrected chi connectivity index (χ3v) is 6.25. The zero-order valence-corrected chi connectivity index (χ0v) is 19.9. The average Bonchev–Trinajstić information content (AvgIpc) is 3.51. The highest BCUT2D eigenvalue weighted by molar-refractivity contribution is 6.01. The van der Waals surface area contributed by atoms with Crippen molar-refractivity contribution >= 4 is 21.8 Å². The summed E-state index contributed by atoms with van der Waals surface area (Å²) in [7, 11) is 3.17. The molecule has 0 radical (unpaired) electrons. The van der Waals surface area contributed by atoms with Crippen molar-refractivity contribution in [1.82, 2.24) is 25.1 Å². The molecule has 2 aromatic carbocycles. The first-order valence-corrected chi connectivity index (χ1v) is 11.3. The number of methoxy groups -OCH3 is 2. The van der Waals surface area contributed by atoms with Crippen LogP contribution in [-0.2, 0) is 0 Å². The largest absolute Gasteiger partial charge is 0.497 e. The molecule has 4 heterocycles. The van der Waals surface area contributed by atoms with E-state index in [2.05, 4.69) is 31.2 Å². The number of fused-ring (bicyclic) bond motifs is 2. The van der Waals surface area contributed by atoms with Crippen LogP contribution in [-0.4, -0.2) is 39.4 Å². The van der Waals surface area contributed by atoms with Crippen LogP contribution in [0.4, 0.5) is 4.39 Å². The number of hydrogen-bond acceptors (Lipinski definition) is 5. The van der Waals surface area contributed by atoms with Crippen LogP contribution in [0.25, 0.3) is 55.6 Å². The van der Waals surface area contributed by atoms with E-state index >= 15 is 0 Å². The van der Waals surface area contributed by atoms with Crippen LogP contribution < -0.4 is 9.47 Å². The highest BCUT2D eigenvalue weighted by Crippen LogP contribution is 2.36. The number of pyridine rings is 2. The summed E-state index contributed by atoms with van der Waals surface area (Å²) in [5.41, 5.74) is 7.55. The quantitative estimate of drug-likeness (QED) is 0.303. The molecule has 178 valence electrons. The van der Waals surface area contributed by atoms with E-state index < -0.39 is 0 Å². The number of H-pyrrole nitrogens is 2. The van der Waals surface area contributed by atoms with Crippen molar-refractivity contribution in [3.8, 4) is 45.3 Å². The number of halogens is 1. The number of ether oxygens (including phenoxy) is 2. The molecule has 0 aliphatic carbocycles. The van der Waals surface area contributed by atoms with E-state index in [1.807, 2.05) is 31.2 Å². The van der Waals surface area contributed by atoms with E-state index in [9.17, 15) is 4.39 Å². The molecule has 0 saturated carbocycles. The summed E-state index contributed by atoms with van der Waals surface area (Å²) in [6.07, 6.45) is 5.26. The van der Waals surface area contributed by atoms with Gasteiger partial charge in [0.25, 0.3) is 0 Å². The maximum Gasteiger partial charge on any atom is 0.127 e. The number of nitrogens with one attached hydrogen (secondary N) is 2. The van der Waals surface area contributed by atoms with Gasteiger partial charge >= 0.3 is 0 Å². The Morgan fingerprint density at radius 2 is 1.58 bits per heavy atom. The van der Waals surface area contributed by atoms with E-state index in [0.717, 1.165) is 61.3 Å². The lowest BCUT2D eigenvalue weighted by Gasteiger charge is -2.07. The van der Waals surface area contributed by atoms with Gasteiger partial charge < -0.3 is 14.5 Å². The van der Waals surface area contributed by atoms with Crippen molar-refractivity contribution in [2.45, 2.75) is 6.92 Å². The van der Waals surface area contributed by atoms with Crippen molar-refractivity contribution in [1.29, 1.82) is 0 Å². The van der Waals surface area contributed by atoms with Gasteiger partial charge in [0.15, 0.2) is 0 Å². The first-order chi connectivity index (χ1) is 17.5. The minimum Gasteiger partial charge on any atom is -0.497 e. The lowest BCUT2D eigenvalue weighted by atomic mass is 10.0. The zero-order chi connectivity index (χ0) is 24.8. The predicted octanol–water partition coefficient (Wildman–Crippen LogP) is 6.30. The topological polar surface area (TPSA) is 88.7 Å². The van der Waals surface area contributed by atoms with E-state index in [-0.39, 0.29) is 5.82 Å². The molecule has 0 aliphatic heterocycles. The fourth-order valence-corrected chi connectivity index (χ4v) is 4.54. The van der Waals surface area contributed by atoms with Gasteiger partial charge in [-0.3, -0.25) is 15.1 Å². The molecule has 0 fully saturated rings. The molecule has 6 rings (SSSR count). The summed E-state index contributed by atoms with van der Waals surface area (Å²) in [6.45, 7) is 2.03. The maximum absolute atomic E-state index is 14.2. The van der Waals surface area contributed by atoms with Crippen LogP contribution in [0.5, 0.6) is 11.5 Å². The van der Waals surface area contributed by atoms with Crippen LogP contribution in [0, 0.1) is 12.7 Å². The number of benzene rings is 2. The molecule has 2 N–H and O–H groups in total. The lowest BCUT2D eigenvalue weighted by Crippen LogP contribution is -1.89. The zero-order valence-electron chi connectivity index (χ0n) is 19.9. The van der Waals surface area contributed by atoms with Gasteiger partial charge in [0.05, 0.1) is 49.0 Å². The molecule has 8 heteroatoms. The van der Waals surface area contributed by atoms with Crippen LogP contribution in [0.1, 0.15) is 5.56 Å². The van der Waals surface area contributed by atoms with Crippen LogP contribution >= 0.6 is 0 Å². The second kappa shape index (κ2) is 8.49. The summed E-state index contributed by atoms with van der Waals surface area (Å²) < 4.78 is 24.9. The Morgan fingerprint density at radius 1 is 0.778 bits per heavy atom. The number of rotatable bonds is 5. The third-order valence-electron chi connectivity index (χ3n) is 6.25. The number of aromatic amines is 2. The van der Waals surface area contributed by atoms with Gasteiger partial charge in [-0.1, -0.05) is 0 Å². The number of aryl methyl sites for hydroxylation is 1. The summed E-state index contributed by atoms with van der Waals surface area (Å²) in [5, 5.41) is 9.47. The van der Waals surface area contributed by atoms with Crippen molar-refractivity contribution in [3.05, 3.63) is 78.5 Å². The molecule has 7 nitrogen and oxygen atoms in total. The molecule has 0 amide bonds. The van der Waals surface area contributed by atoms with Gasteiger partial charge in [-0.05, 0) is 60.5 Å². The molecule has 36 heavy (non-hydrogen) atoms. The Balaban J connectivity index is 1.48. The molecular formula is C28H22FN5O2. The fraction of sp³-hybridized carbons (Fsp3) is 0.107. The molecule has 0 atom stereocenters. The minimum atomic E-state index is -0.372. The molecule has 0 spiro atoms. The Hall–Kier alpha value is -4.72. The Bertz CT molecular complexity index is 1750. The molecule has 0 unspecified atom stereocenters. The Morgan fingerprint density at radius 3 is 2.42 bits per heavy atom. The molecule has 0 saturated heterocycles. The van der Waals surface area contributed by atoms with E-state index in [1.54, 1.807) is 31.8 Å². The molecular weight excluding hydrogens is 457 g/mol. The van der Waals surface area contributed by atoms with Gasteiger partial charge in [-0.2, -0.15) is 5.10 Å². The van der Waals surface area contributed by atoms with Gasteiger partial charge in [-0.25, -0.2) is 4.39 Å². The Labute approximate surface area is 205 Å². The van der Waals surface area contributed by atoms with Crippen molar-refractivity contribution in [2.75, 3.05) is 14.2 Å². The molecule has 0 bridgehead atoms. The van der Waals surface area contributed by atoms with Crippen molar-refractivity contribution in [3.63, 3.8) is 0 Å². The average molecular weight is 480 g/mol. The monoisotopic (exact) mass is 479 g/mol. The lowest BCUT2D eigenvalue weighted by molar-refractivity contribution is 0.411. The summed E-state index contributed by atoms with van der Waals surface area (Å²) in [6, 6.07) is 14.7. The van der Waals surface area contributed by atoms with Gasteiger partial charge in [0.2, 0.25) is 0 Å². The number of hydrogen-bond donors (Lipinski definition) is 2. The number of nitrogens with zero attached hydrogens (tertiary/aromatic N) is 3. The third kappa shape index (κ3) is 3.73. The second-order valence-corrected chi connectivity index (χ2v) is 8.64. The first kappa shape index (κ1) is 21.8. The van der Waals surface area contributed by atoms with Gasteiger partial charge in [0.1, 0.15) is 23.0 Å². The summed E-state index contributed by atoms with van der Waals surface area (Å²) >= 11 is 0. The second-order valence-electron chi connectivity index (χ2n) is 8.64. The summed E-state index contributed by atoms with van der Waals surface area (Å²) in [5.74, 6) is 0.857. The molecule has 6 aromatic rings. The normalized spacial score (nSPS) is 11.3. The SMILES string of the molecule is COc1cc(C)cc(-c2cc3c(-c4cc5c(-c6cc(F)cc(OC)c6)cncc5[nH]4)n[nH]c3cn2)c1. The maximum atomic E-state index is 14.2. The van der Waals surface area contributed by atoms with Gasteiger partial charge in [-0.15, -0.1) is 0 Å². The fourth-order valence-electron chi connectivity index (χ4n) is 4.54.